The first-order chi connectivity index (χ1) is 4.66. The zero-order valence-corrected chi connectivity index (χ0v) is 7.95. The van der Waals surface area contributed by atoms with Crippen LogP contribution in [0.2, 0.25) is 0 Å². The summed E-state index contributed by atoms with van der Waals surface area (Å²) in [4.78, 5) is 5.22. The molecule has 1 aliphatic heterocycles. The minimum Gasteiger partial charge on any atom is -0.344 e. The summed E-state index contributed by atoms with van der Waals surface area (Å²) in [5.74, 6) is 0. The Balaban J connectivity index is 2.61. The maximum Gasteiger partial charge on any atom is 0.128 e. The summed E-state index contributed by atoms with van der Waals surface area (Å²) in [7, 11) is 1.98. The van der Waals surface area contributed by atoms with Gasteiger partial charge in [-0.1, -0.05) is 19.1 Å². The van der Waals surface area contributed by atoms with Crippen molar-refractivity contribution in [3.8, 4) is 0 Å². The first-order valence-corrected chi connectivity index (χ1v) is 4.27. The van der Waals surface area contributed by atoms with E-state index in [1.54, 1.807) is 0 Å². The van der Waals surface area contributed by atoms with E-state index in [0.717, 1.165) is 18.1 Å². The molecule has 0 aliphatic carbocycles. The van der Waals surface area contributed by atoms with Gasteiger partial charge in [-0.15, -0.1) is 12.6 Å². The summed E-state index contributed by atoms with van der Waals surface area (Å²) in [5.41, 5.74) is 0.192. The maximum atomic E-state index is 5.10. The third kappa shape index (κ3) is 1.28. The molecule has 1 unspecified atom stereocenters. The van der Waals surface area contributed by atoms with Crippen molar-refractivity contribution < 1.29 is 0 Å². The molecule has 1 aliphatic rings. The van der Waals surface area contributed by atoms with E-state index in [1.807, 2.05) is 11.9 Å². The summed E-state index contributed by atoms with van der Waals surface area (Å²) in [6.45, 7) is 4.01. The number of nitrogens with zero attached hydrogens (tertiary/aromatic N) is 2. The van der Waals surface area contributed by atoms with Crippen molar-refractivity contribution >= 4 is 29.8 Å². The Labute approximate surface area is 72.6 Å². The van der Waals surface area contributed by atoms with E-state index in [9.17, 15) is 0 Å². The van der Waals surface area contributed by atoms with Crippen molar-refractivity contribution in [1.82, 2.24) is 9.80 Å². The molecule has 0 aromatic heterocycles. The summed E-state index contributed by atoms with van der Waals surface area (Å²) < 4.78 is 0. The van der Waals surface area contributed by atoms with Crippen molar-refractivity contribution in [3.63, 3.8) is 0 Å². The number of rotatable bonds is 1. The fourth-order valence-corrected chi connectivity index (χ4v) is 1.74. The lowest BCUT2D eigenvalue weighted by Gasteiger charge is -2.21. The predicted molar refractivity (Wildman–Crippen MR) is 50.4 cm³/mol. The van der Waals surface area contributed by atoms with Crippen LogP contribution in [0.3, 0.4) is 0 Å². The Morgan fingerprint density at radius 3 is 2.60 bits per heavy atom. The van der Waals surface area contributed by atoms with E-state index in [4.69, 9.17) is 12.2 Å². The first kappa shape index (κ1) is 8.30. The Morgan fingerprint density at radius 1 is 1.80 bits per heavy atom. The van der Waals surface area contributed by atoms with Gasteiger partial charge in [0.15, 0.2) is 0 Å². The van der Waals surface area contributed by atoms with Gasteiger partial charge in [0.25, 0.3) is 0 Å². The van der Waals surface area contributed by atoms with Gasteiger partial charge in [-0.2, -0.15) is 0 Å². The number of thiol groups is 1. The lowest BCUT2D eigenvalue weighted by Crippen LogP contribution is -2.31. The quantitative estimate of drug-likeness (QED) is 0.466. The van der Waals surface area contributed by atoms with Gasteiger partial charge in [0.2, 0.25) is 0 Å². The number of hydrogen-bond donors (Lipinski definition) is 1. The van der Waals surface area contributed by atoms with Crippen LogP contribution in [0.5, 0.6) is 0 Å². The Morgan fingerprint density at radius 2 is 2.40 bits per heavy atom. The SMILES string of the molecule is CCN1CC(=S)N(C)C1S. The van der Waals surface area contributed by atoms with Crippen LogP contribution in [-0.2, 0) is 0 Å². The molecular formula is C6H12N2S2. The van der Waals surface area contributed by atoms with Crippen molar-refractivity contribution in [2.45, 2.75) is 12.4 Å². The van der Waals surface area contributed by atoms with Gasteiger partial charge in [0.05, 0.1) is 11.5 Å². The molecule has 1 rings (SSSR count). The van der Waals surface area contributed by atoms with E-state index in [0.29, 0.717) is 0 Å². The summed E-state index contributed by atoms with van der Waals surface area (Å²) in [6, 6.07) is 0. The van der Waals surface area contributed by atoms with E-state index in [1.165, 1.54) is 0 Å². The van der Waals surface area contributed by atoms with Gasteiger partial charge < -0.3 is 4.90 Å². The molecule has 0 bridgehead atoms. The van der Waals surface area contributed by atoms with Crippen LogP contribution in [0.4, 0.5) is 0 Å². The van der Waals surface area contributed by atoms with E-state index in [2.05, 4.69) is 24.5 Å². The van der Waals surface area contributed by atoms with Gasteiger partial charge in [0.1, 0.15) is 5.50 Å². The Kier molecular flexibility index (Phi) is 2.55. The standard InChI is InChI=1S/C6H12N2S2/c1-3-8-4-5(9)7(2)6(8)10/h6,10H,3-4H2,1-2H3. The van der Waals surface area contributed by atoms with Crippen LogP contribution in [0, 0.1) is 0 Å². The highest BCUT2D eigenvalue weighted by molar-refractivity contribution is 7.82. The van der Waals surface area contributed by atoms with Gasteiger partial charge in [-0.05, 0) is 6.54 Å². The van der Waals surface area contributed by atoms with Crippen LogP contribution >= 0.6 is 24.8 Å². The van der Waals surface area contributed by atoms with Crippen LogP contribution in [-0.4, -0.2) is 40.4 Å². The third-order valence-corrected chi connectivity index (χ3v) is 2.90. The monoisotopic (exact) mass is 176 g/mol. The average molecular weight is 176 g/mol. The molecule has 0 saturated carbocycles. The molecule has 4 heteroatoms. The lowest BCUT2D eigenvalue weighted by molar-refractivity contribution is 0.264. The lowest BCUT2D eigenvalue weighted by atomic mass is 10.6. The molecule has 0 amide bonds. The zero-order chi connectivity index (χ0) is 7.72. The molecule has 0 radical (unpaired) electrons. The second-order valence-corrected chi connectivity index (χ2v) is 3.35. The van der Waals surface area contributed by atoms with Crippen LogP contribution in [0.25, 0.3) is 0 Å². The minimum absolute atomic E-state index is 0.192. The van der Waals surface area contributed by atoms with E-state index in [-0.39, 0.29) is 5.50 Å². The minimum atomic E-state index is 0.192. The number of thiocarbonyl (C=S) groups is 1. The number of hydrogen-bond acceptors (Lipinski definition) is 3. The smallest absolute Gasteiger partial charge is 0.128 e. The van der Waals surface area contributed by atoms with Crippen molar-refractivity contribution in [2.75, 3.05) is 20.1 Å². The molecule has 1 saturated heterocycles. The molecular weight excluding hydrogens is 164 g/mol. The van der Waals surface area contributed by atoms with Crippen LogP contribution in [0.15, 0.2) is 0 Å². The molecule has 58 valence electrons. The Hall–Kier alpha value is 0.200. The Bertz CT molecular complexity index is 149. The summed E-state index contributed by atoms with van der Waals surface area (Å²) >= 11 is 9.48. The number of likely N-dealkylation sites (N-methyl/N-ethyl adjacent to an activating group) is 2. The summed E-state index contributed by atoms with van der Waals surface area (Å²) in [5, 5.41) is 0. The molecule has 0 aromatic rings. The molecule has 1 fully saturated rings. The average Bonchev–Trinajstić information content (AvgIpc) is 2.17. The van der Waals surface area contributed by atoms with Crippen LogP contribution < -0.4 is 0 Å². The molecule has 1 heterocycles. The predicted octanol–water partition coefficient (Wildman–Crippen LogP) is 0.794. The molecule has 0 spiro atoms. The van der Waals surface area contributed by atoms with Crippen molar-refractivity contribution in [3.05, 3.63) is 0 Å². The van der Waals surface area contributed by atoms with Gasteiger partial charge in [-0.25, -0.2) is 0 Å². The normalized spacial score (nSPS) is 28.1. The topological polar surface area (TPSA) is 6.48 Å². The second-order valence-electron chi connectivity index (χ2n) is 2.41. The molecule has 1 atom stereocenters. The highest BCUT2D eigenvalue weighted by Gasteiger charge is 2.27. The highest BCUT2D eigenvalue weighted by Crippen LogP contribution is 2.16. The van der Waals surface area contributed by atoms with Gasteiger partial charge in [-0.3, -0.25) is 4.90 Å². The highest BCUT2D eigenvalue weighted by atomic mass is 32.1. The fourth-order valence-electron chi connectivity index (χ4n) is 1.02. The molecule has 0 N–H and O–H groups in total. The van der Waals surface area contributed by atoms with Crippen LogP contribution in [0.1, 0.15) is 6.92 Å². The third-order valence-electron chi connectivity index (χ3n) is 1.81. The van der Waals surface area contributed by atoms with E-state index < -0.39 is 0 Å². The van der Waals surface area contributed by atoms with Gasteiger partial charge >= 0.3 is 0 Å². The molecule has 2 nitrogen and oxygen atoms in total. The van der Waals surface area contributed by atoms with Crippen molar-refractivity contribution in [1.29, 1.82) is 0 Å². The first-order valence-electron chi connectivity index (χ1n) is 3.34. The van der Waals surface area contributed by atoms with Gasteiger partial charge in [0, 0.05) is 7.05 Å². The zero-order valence-electron chi connectivity index (χ0n) is 6.24. The molecule has 10 heavy (non-hydrogen) atoms. The fraction of sp³-hybridized carbons (Fsp3) is 0.833. The van der Waals surface area contributed by atoms with E-state index >= 15 is 0 Å². The summed E-state index contributed by atoms with van der Waals surface area (Å²) in [6.07, 6.45) is 0. The van der Waals surface area contributed by atoms with Crippen molar-refractivity contribution in [2.24, 2.45) is 0 Å². The maximum absolute atomic E-state index is 5.10. The largest absolute Gasteiger partial charge is 0.344 e. The molecule has 0 aromatic carbocycles. The second kappa shape index (κ2) is 3.07.